The highest BCUT2D eigenvalue weighted by Gasteiger charge is 2.08. The first-order valence-corrected chi connectivity index (χ1v) is 8.53. The van der Waals surface area contributed by atoms with Crippen LogP contribution in [0.1, 0.15) is 0 Å². The number of benzene rings is 2. The smallest absolute Gasteiger partial charge is 0.276 e. The zero-order chi connectivity index (χ0) is 18.2. The summed E-state index contributed by atoms with van der Waals surface area (Å²) in [6.45, 7) is -0.568. The van der Waals surface area contributed by atoms with Gasteiger partial charge in [-0.3, -0.25) is 20.4 Å². The molecule has 0 saturated carbocycles. The van der Waals surface area contributed by atoms with Crippen LogP contribution in [0.25, 0.3) is 0 Å². The highest BCUT2D eigenvalue weighted by Crippen LogP contribution is 2.27. The van der Waals surface area contributed by atoms with E-state index in [-0.39, 0.29) is 18.2 Å². The van der Waals surface area contributed by atoms with Crippen molar-refractivity contribution in [2.75, 3.05) is 13.2 Å². The fourth-order valence-electron chi connectivity index (χ4n) is 1.63. The van der Waals surface area contributed by atoms with Crippen LogP contribution in [0.2, 0.25) is 10.0 Å². The Balaban J connectivity index is 1.68. The monoisotopic (exact) mass is 446 g/mol. The Morgan fingerprint density at radius 2 is 1.52 bits per heavy atom. The molecule has 2 aromatic carbocycles. The Labute approximate surface area is 162 Å². The third kappa shape index (κ3) is 6.81. The second-order valence-electron chi connectivity index (χ2n) is 4.70. The predicted octanol–water partition coefficient (Wildman–Crippen LogP) is 3.36. The summed E-state index contributed by atoms with van der Waals surface area (Å²) in [7, 11) is 0. The minimum absolute atomic E-state index is 0.244. The SMILES string of the molecule is O=C(COc1ccc(Br)cc1)NNC(=O)COc1ccc(Cl)cc1Cl. The highest BCUT2D eigenvalue weighted by atomic mass is 79.9. The summed E-state index contributed by atoms with van der Waals surface area (Å²) in [6.07, 6.45) is 0. The zero-order valence-electron chi connectivity index (χ0n) is 12.7. The largest absolute Gasteiger partial charge is 0.484 e. The lowest BCUT2D eigenvalue weighted by molar-refractivity contribution is -0.131. The normalized spacial score (nSPS) is 10.0. The summed E-state index contributed by atoms with van der Waals surface area (Å²) in [5.41, 5.74) is 4.43. The molecule has 0 saturated heterocycles. The second-order valence-corrected chi connectivity index (χ2v) is 6.46. The Hall–Kier alpha value is -1.96. The number of hydrazine groups is 1. The molecule has 2 N–H and O–H groups in total. The van der Waals surface area contributed by atoms with Gasteiger partial charge in [-0.05, 0) is 42.5 Å². The Morgan fingerprint density at radius 3 is 2.12 bits per heavy atom. The molecule has 25 heavy (non-hydrogen) atoms. The number of hydrogen-bond acceptors (Lipinski definition) is 4. The lowest BCUT2D eigenvalue weighted by atomic mass is 10.3. The molecule has 0 fully saturated rings. The van der Waals surface area contributed by atoms with Gasteiger partial charge in [0.05, 0.1) is 5.02 Å². The predicted molar refractivity (Wildman–Crippen MR) is 97.9 cm³/mol. The lowest BCUT2D eigenvalue weighted by Crippen LogP contribution is -2.45. The molecule has 0 atom stereocenters. The average molecular weight is 448 g/mol. The number of carbonyl (C=O) groups excluding carboxylic acids is 2. The molecule has 2 aromatic rings. The summed E-state index contributed by atoms with van der Waals surface area (Å²) < 4.78 is 11.4. The minimum atomic E-state index is -0.553. The van der Waals surface area contributed by atoms with Gasteiger partial charge in [0.25, 0.3) is 11.8 Å². The molecule has 0 aromatic heterocycles. The summed E-state index contributed by atoms with van der Waals surface area (Å²) in [5.74, 6) is -0.222. The molecular weight excluding hydrogens is 435 g/mol. The van der Waals surface area contributed by atoms with E-state index in [0.717, 1.165) is 4.47 Å². The molecule has 0 heterocycles. The van der Waals surface area contributed by atoms with Crippen molar-refractivity contribution in [1.82, 2.24) is 10.9 Å². The number of nitrogens with one attached hydrogen (secondary N) is 2. The number of carbonyl (C=O) groups is 2. The molecule has 2 amide bonds. The summed E-state index contributed by atoms with van der Waals surface area (Å²) in [5, 5.41) is 0.743. The van der Waals surface area contributed by atoms with Gasteiger partial charge in [0.1, 0.15) is 11.5 Å². The summed E-state index contributed by atoms with van der Waals surface area (Å²) in [6, 6.07) is 11.6. The summed E-state index contributed by atoms with van der Waals surface area (Å²) >= 11 is 15.0. The molecule has 0 aliphatic heterocycles. The first-order chi connectivity index (χ1) is 11.9. The van der Waals surface area contributed by atoms with Crippen LogP contribution in [0.3, 0.4) is 0 Å². The molecule has 6 nitrogen and oxygen atoms in total. The first-order valence-electron chi connectivity index (χ1n) is 6.98. The molecule has 9 heteroatoms. The molecule has 0 unspecified atom stereocenters. The van der Waals surface area contributed by atoms with Crippen molar-refractivity contribution >= 4 is 50.9 Å². The van der Waals surface area contributed by atoms with Gasteiger partial charge in [-0.1, -0.05) is 39.1 Å². The van der Waals surface area contributed by atoms with Crippen molar-refractivity contribution in [2.45, 2.75) is 0 Å². The van der Waals surface area contributed by atoms with Gasteiger partial charge in [0.2, 0.25) is 0 Å². The molecule has 0 aliphatic rings. The van der Waals surface area contributed by atoms with Crippen molar-refractivity contribution in [1.29, 1.82) is 0 Å². The molecule has 0 aliphatic carbocycles. The fraction of sp³-hybridized carbons (Fsp3) is 0.125. The zero-order valence-corrected chi connectivity index (χ0v) is 15.8. The van der Waals surface area contributed by atoms with Gasteiger partial charge in [-0.25, -0.2) is 0 Å². The van der Waals surface area contributed by atoms with E-state index in [1.807, 2.05) is 0 Å². The maximum absolute atomic E-state index is 11.6. The van der Waals surface area contributed by atoms with Gasteiger partial charge in [0.15, 0.2) is 13.2 Å². The molecule has 0 radical (unpaired) electrons. The lowest BCUT2D eigenvalue weighted by Gasteiger charge is -2.10. The number of hydrogen-bond donors (Lipinski definition) is 2. The molecule has 0 bridgehead atoms. The van der Waals surface area contributed by atoms with Crippen LogP contribution < -0.4 is 20.3 Å². The van der Waals surface area contributed by atoms with E-state index >= 15 is 0 Å². The Kier molecular flexibility index (Phi) is 7.36. The van der Waals surface area contributed by atoms with Gasteiger partial charge < -0.3 is 9.47 Å². The van der Waals surface area contributed by atoms with Crippen LogP contribution in [-0.4, -0.2) is 25.0 Å². The second kappa shape index (κ2) is 9.50. The maximum Gasteiger partial charge on any atom is 0.276 e. The van der Waals surface area contributed by atoms with Crippen LogP contribution >= 0.6 is 39.1 Å². The van der Waals surface area contributed by atoms with Crippen LogP contribution in [0.5, 0.6) is 11.5 Å². The van der Waals surface area contributed by atoms with E-state index in [1.165, 1.54) is 6.07 Å². The van der Waals surface area contributed by atoms with E-state index in [0.29, 0.717) is 16.5 Å². The minimum Gasteiger partial charge on any atom is -0.484 e. The standard InChI is InChI=1S/C16H13BrCl2N2O4/c17-10-1-4-12(5-2-10)24-8-15(22)20-21-16(23)9-25-14-6-3-11(18)7-13(14)19/h1-7H,8-9H2,(H,20,22)(H,21,23). The summed E-state index contributed by atoms with van der Waals surface area (Å²) in [4.78, 5) is 23.3. The molecule has 0 spiro atoms. The Bertz CT molecular complexity index is 756. The van der Waals surface area contributed by atoms with Crippen LogP contribution in [0, 0.1) is 0 Å². The van der Waals surface area contributed by atoms with Crippen molar-refractivity contribution in [2.24, 2.45) is 0 Å². The van der Waals surface area contributed by atoms with E-state index < -0.39 is 11.8 Å². The van der Waals surface area contributed by atoms with E-state index in [2.05, 4.69) is 26.8 Å². The number of halogens is 3. The third-order valence-corrected chi connectivity index (χ3v) is 3.84. The van der Waals surface area contributed by atoms with E-state index in [1.54, 1.807) is 36.4 Å². The first kappa shape index (κ1) is 19.4. The topological polar surface area (TPSA) is 76.7 Å². The van der Waals surface area contributed by atoms with Gasteiger partial charge in [-0.2, -0.15) is 0 Å². The van der Waals surface area contributed by atoms with Crippen LogP contribution in [0.4, 0.5) is 0 Å². The highest BCUT2D eigenvalue weighted by molar-refractivity contribution is 9.10. The third-order valence-electron chi connectivity index (χ3n) is 2.78. The van der Waals surface area contributed by atoms with Gasteiger partial charge >= 0.3 is 0 Å². The van der Waals surface area contributed by atoms with Crippen molar-refractivity contribution in [3.05, 3.63) is 57.0 Å². The van der Waals surface area contributed by atoms with E-state index in [4.69, 9.17) is 32.7 Å². The number of rotatable bonds is 6. The van der Waals surface area contributed by atoms with Crippen LogP contribution in [-0.2, 0) is 9.59 Å². The van der Waals surface area contributed by atoms with E-state index in [9.17, 15) is 9.59 Å². The van der Waals surface area contributed by atoms with Crippen molar-refractivity contribution in [3.63, 3.8) is 0 Å². The average Bonchev–Trinajstić information content (AvgIpc) is 2.58. The molecule has 2 rings (SSSR count). The fourth-order valence-corrected chi connectivity index (χ4v) is 2.35. The van der Waals surface area contributed by atoms with Gasteiger partial charge in [0, 0.05) is 9.50 Å². The Morgan fingerprint density at radius 1 is 0.920 bits per heavy atom. The number of ether oxygens (including phenoxy) is 2. The number of amides is 2. The van der Waals surface area contributed by atoms with Crippen molar-refractivity contribution < 1.29 is 19.1 Å². The van der Waals surface area contributed by atoms with Gasteiger partial charge in [-0.15, -0.1) is 0 Å². The van der Waals surface area contributed by atoms with Crippen LogP contribution in [0.15, 0.2) is 46.9 Å². The molecular formula is C16H13BrCl2N2O4. The maximum atomic E-state index is 11.6. The van der Waals surface area contributed by atoms with Crippen molar-refractivity contribution in [3.8, 4) is 11.5 Å². The quantitative estimate of drug-likeness (QED) is 0.665. The molecule has 132 valence electrons.